The third kappa shape index (κ3) is 9.42. The quantitative estimate of drug-likeness (QED) is 0.400. The second-order valence-corrected chi connectivity index (χ2v) is 0.520. The van der Waals surface area contributed by atoms with Crippen molar-refractivity contribution < 1.29 is 0 Å². The van der Waals surface area contributed by atoms with Crippen LogP contribution in [0.3, 0.4) is 0 Å². The largest absolute Gasteiger partial charge is 0 e. The molecule has 0 saturated heterocycles. The summed E-state index contributed by atoms with van der Waals surface area (Å²) in [5.74, 6) is 0. The first-order chi connectivity index (χ1) is 1.41. The average molecular weight is 145 g/mol. The summed E-state index contributed by atoms with van der Waals surface area (Å²) in [5.41, 5.74) is 0. The summed E-state index contributed by atoms with van der Waals surface area (Å²) in [5, 5.41) is 7.29. The molecule has 0 aromatic heterocycles. The van der Waals surface area contributed by atoms with Crippen LogP contribution < -0.4 is 0 Å². The van der Waals surface area contributed by atoms with E-state index >= 15 is 0 Å². The second-order valence-electron chi connectivity index (χ2n) is 0.100. The molecule has 0 unspecified atom stereocenters. The molecule has 0 atom stereocenters. The smallest absolute Gasteiger partial charge is 0 e. The first-order valence-corrected chi connectivity index (χ1v) is 1.39. The van der Waals surface area contributed by atoms with Crippen LogP contribution in [0.25, 0.3) is 0 Å². The Morgan fingerprint density at radius 2 is 1.75 bits per heavy atom. The van der Waals surface area contributed by atoms with Gasteiger partial charge in [0.1, 0.15) is 0 Å². The van der Waals surface area contributed by atoms with Gasteiger partial charge in [-0.3, -0.25) is 0 Å². The Balaban J connectivity index is 0. The predicted octanol–water partition coefficient (Wildman–Crippen LogP) is -1.01. The Kier molecular flexibility index (Phi) is 20.2. The van der Waals surface area contributed by atoms with Crippen LogP contribution in [0.1, 0.15) is 0 Å². The summed E-state index contributed by atoms with van der Waals surface area (Å²) in [6.07, 6.45) is 0. The van der Waals surface area contributed by atoms with Crippen molar-refractivity contribution in [1.29, 1.82) is 5.26 Å². The van der Waals surface area contributed by atoms with Gasteiger partial charge in [-0.1, -0.05) is 0 Å². The van der Waals surface area contributed by atoms with Crippen LogP contribution in [0, 0.1) is 10.2 Å². The summed E-state index contributed by atoms with van der Waals surface area (Å²) in [4.78, 5) is 1.69. The third-order valence-electron chi connectivity index (χ3n) is 0. The maximum absolute atomic E-state index is 7.29. The van der Waals surface area contributed by atoms with Gasteiger partial charge in [0.05, 0.1) is 0 Å². The molecule has 0 rings (SSSR count). The second kappa shape index (κ2) is 8.82. The Bertz CT molecular complexity index is 29.5. The van der Waals surface area contributed by atoms with E-state index in [9.17, 15) is 0 Å². The molecule has 0 aromatic rings. The van der Waals surface area contributed by atoms with E-state index in [0.29, 0.717) is 0 Å². The van der Waals surface area contributed by atoms with Gasteiger partial charge in [-0.2, -0.15) is 0 Å². The summed E-state index contributed by atoms with van der Waals surface area (Å²) < 4.78 is 0. The fourth-order valence-corrected chi connectivity index (χ4v) is 0. The number of rotatable bonds is 0. The van der Waals surface area contributed by atoms with Crippen LogP contribution in [0.5, 0.6) is 0 Å². The van der Waals surface area contributed by atoms with E-state index in [-0.39, 0.29) is 51.4 Å². The van der Waals surface area contributed by atoms with E-state index in [2.05, 4.69) is 0 Å². The van der Waals surface area contributed by atoms with E-state index < -0.39 is 0 Å². The number of nitriles is 1. The van der Waals surface area contributed by atoms with Gasteiger partial charge in [0, 0.05) is 51.4 Å². The molecule has 1 nitrogen and oxygen atoms in total. The Morgan fingerprint density at radius 1 is 1.75 bits per heavy atom. The summed E-state index contributed by atoms with van der Waals surface area (Å²) in [7, 11) is 0. The Hall–Kier alpha value is 1.65. The van der Waals surface area contributed by atoms with Crippen LogP contribution in [0.2, 0.25) is 0 Å². The molecule has 0 N–H and O–H groups in total. The van der Waals surface area contributed by atoms with E-state index in [4.69, 9.17) is 5.26 Å². The zero-order chi connectivity index (χ0) is 2.71. The van der Waals surface area contributed by atoms with Crippen LogP contribution >= 0.6 is 0 Å². The van der Waals surface area contributed by atoms with Gasteiger partial charge in [0.15, 0.2) is 0 Å². The molecular weight excluding hydrogens is 144 g/mol. The van der Waals surface area contributed by atoms with Crippen molar-refractivity contribution >= 4 is 67.4 Å². The normalized spacial score (nSPS) is 2.00. The standard InChI is InChI=1S/CHNSe.K/c2-1-3;/h3H;. The van der Waals surface area contributed by atoms with Gasteiger partial charge >= 0.3 is 26.2 Å². The Morgan fingerprint density at radius 3 is 1.75 bits per heavy atom. The minimum atomic E-state index is 0. The molecule has 0 aliphatic heterocycles. The fraction of sp³-hybridized carbons (Fsp3) is 0. The predicted molar refractivity (Wildman–Crippen MR) is 18.5 cm³/mol. The van der Waals surface area contributed by atoms with Crippen LogP contribution in [0.15, 0.2) is 0 Å². The molecule has 0 aromatic carbocycles. The van der Waals surface area contributed by atoms with Crippen LogP contribution in [-0.2, 0) is 0 Å². The van der Waals surface area contributed by atoms with Gasteiger partial charge in [0.25, 0.3) is 0 Å². The number of nitrogens with zero attached hydrogens (tertiary/aromatic N) is 1. The van der Waals surface area contributed by atoms with Crippen LogP contribution in [-0.4, -0.2) is 67.4 Å². The van der Waals surface area contributed by atoms with Crippen molar-refractivity contribution in [3.05, 3.63) is 0 Å². The number of hydrogen-bond acceptors (Lipinski definition) is 1. The molecule has 0 saturated carbocycles. The fourth-order valence-electron chi connectivity index (χ4n) is 0. The maximum atomic E-state index is 7.29. The zero-order valence-corrected chi connectivity index (χ0v) is 7.39. The molecule has 0 heterocycles. The van der Waals surface area contributed by atoms with Crippen molar-refractivity contribution in [2.45, 2.75) is 0 Å². The van der Waals surface area contributed by atoms with Gasteiger partial charge < -0.3 is 0 Å². The van der Waals surface area contributed by atoms with Crippen molar-refractivity contribution in [2.24, 2.45) is 0 Å². The monoisotopic (exact) mass is 146 g/mol. The van der Waals surface area contributed by atoms with Crippen molar-refractivity contribution in [3.63, 3.8) is 0 Å². The molecule has 17 valence electrons. The molecule has 4 heavy (non-hydrogen) atoms. The molecule has 1 radical (unpaired) electrons. The minimum Gasteiger partial charge on any atom is 0 e. The van der Waals surface area contributed by atoms with E-state index in [1.807, 2.05) is 0 Å². The molecular formula is CHKNSe. The van der Waals surface area contributed by atoms with Crippen LogP contribution in [0.4, 0.5) is 0 Å². The molecule has 3 heteroatoms. The Labute approximate surface area is 76.0 Å². The van der Waals surface area contributed by atoms with E-state index in [0.717, 1.165) is 0 Å². The third-order valence-corrected chi connectivity index (χ3v) is 0. The van der Waals surface area contributed by atoms with Crippen molar-refractivity contribution in [3.8, 4) is 4.97 Å². The van der Waals surface area contributed by atoms with E-state index in [1.54, 1.807) is 21.0 Å². The first-order valence-electron chi connectivity index (χ1n) is 0.447. The maximum Gasteiger partial charge on any atom is 0 e. The van der Waals surface area contributed by atoms with Gasteiger partial charge in [-0.25, -0.2) is 0 Å². The van der Waals surface area contributed by atoms with Gasteiger partial charge in [-0.15, -0.1) is 0 Å². The summed E-state index contributed by atoms with van der Waals surface area (Å²) >= 11 is 1.77. The van der Waals surface area contributed by atoms with Gasteiger partial charge in [0.2, 0.25) is 0 Å². The zero-order valence-electron chi connectivity index (χ0n) is 2.39. The van der Waals surface area contributed by atoms with Crippen molar-refractivity contribution in [2.75, 3.05) is 0 Å². The molecule has 0 fully saturated rings. The average Bonchev–Trinajstić information content (AvgIpc) is 0.918. The molecule has 0 spiro atoms. The topological polar surface area (TPSA) is 23.8 Å². The van der Waals surface area contributed by atoms with Gasteiger partial charge in [-0.05, 0) is 0 Å². The summed E-state index contributed by atoms with van der Waals surface area (Å²) in [6.45, 7) is 0. The summed E-state index contributed by atoms with van der Waals surface area (Å²) in [6, 6.07) is 0. The first kappa shape index (κ1) is 9.17. The molecule has 0 aliphatic carbocycles. The number of hydrogen-bond donors (Lipinski definition) is 0. The minimum absolute atomic E-state index is 0. The SMILES string of the molecule is N#C[SeH].[K]. The van der Waals surface area contributed by atoms with Crippen molar-refractivity contribution in [1.82, 2.24) is 0 Å². The molecule has 0 aliphatic rings. The molecule has 0 bridgehead atoms. The van der Waals surface area contributed by atoms with E-state index in [1.165, 1.54) is 0 Å². The molecule has 0 amide bonds.